The molecule has 0 N–H and O–H groups in total. The van der Waals surface area contributed by atoms with Gasteiger partial charge < -0.3 is 14.2 Å². The van der Waals surface area contributed by atoms with Gasteiger partial charge in [0.05, 0.1) is 0 Å². The fourth-order valence-corrected chi connectivity index (χ4v) is 7.75. The lowest BCUT2D eigenvalue weighted by molar-refractivity contribution is -0.167. The Morgan fingerprint density at radius 1 is 0.323 bits per heavy atom. The van der Waals surface area contributed by atoms with Crippen LogP contribution in [0.1, 0.15) is 284 Å². The van der Waals surface area contributed by atoms with Gasteiger partial charge >= 0.3 is 17.9 Å². The van der Waals surface area contributed by atoms with E-state index in [1.807, 2.05) is 0 Å². The van der Waals surface area contributed by atoms with E-state index in [1.165, 1.54) is 161 Å². The van der Waals surface area contributed by atoms with Crippen molar-refractivity contribution in [2.75, 3.05) is 13.2 Å². The first-order valence-electron chi connectivity index (χ1n) is 27.0. The van der Waals surface area contributed by atoms with E-state index >= 15 is 0 Å². The molecule has 0 saturated heterocycles. The summed E-state index contributed by atoms with van der Waals surface area (Å²) in [7, 11) is 0. The third-order valence-electron chi connectivity index (χ3n) is 11.9. The maximum Gasteiger partial charge on any atom is 0.306 e. The van der Waals surface area contributed by atoms with E-state index < -0.39 is 6.10 Å². The Kier molecular flexibility index (Phi) is 49.3. The molecule has 0 aromatic heterocycles. The second-order valence-electron chi connectivity index (χ2n) is 18.1. The number of ether oxygens (including phenoxy) is 3. The Morgan fingerprint density at radius 2 is 0.597 bits per heavy atom. The highest BCUT2D eigenvalue weighted by molar-refractivity contribution is 5.71. The van der Waals surface area contributed by atoms with Crippen LogP contribution in [0.4, 0.5) is 0 Å². The van der Waals surface area contributed by atoms with Crippen molar-refractivity contribution in [3.05, 3.63) is 36.5 Å². The number of unbranched alkanes of at least 4 members (excludes halogenated alkanes) is 32. The van der Waals surface area contributed by atoms with Crippen molar-refractivity contribution in [1.29, 1.82) is 0 Å². The van der Waals surface area contributed by atoms with E-state index in [-0.39, 0.29) is 31.1 Å². The summed E-state index contributed by atoms with van der Waals surface area (Å²) in [5.74, 6) is -0.885. The topological polar surface area (TPSA) is 78.9 Å². The Balaban J connectivity index is 4.32. The van der Waals surface area contributed by atoms with Crippen molar-refractivity contribution in [2.45, 2.75) is 290 Å². The van der Waals surface area contributed by atoms with Gasteiger partial charge in [-0.3, -0.25) is 14.4 Å². The molecule has 0 heterocycles. The molecule has 0 aliphatic carbocycles. The molecule has 0 spiro atoms. The van der Waals surface area contributed by atoms with Crippen LogP contribution in [0.25, 0.3) is 0 Å². The maximum absolute atomic E-state index is 12.8. The summed E-state index contributed by atoms with van der Waals surface area (Å²) in [4.78, 5) is 38.0. The van der Waals surface area contributed by atoms with Crippen LogP contribution < -0.4 is 0 Å². The summed E-state index contributed by atoms with van der Waals surface area (Å²) < 4.78 is 16.8. The summed E-state index contributed by atoms with van der Waals surface area (Å²) in [5, 5.41) is 0. The van der Waals surface area contributed by atoms with Crippen LogP contribution in [0, 0.1) is 0 Å². The summed E-state index contributed by atoms with van der Waals surface area (Å²) in [6.45, 7) is 6.60. The van der Waals surface area contributed by atoms with Gasteiger partial charge in [-0.05, 0) is 70.6 Å². The van der Waals surface area contributed by atoms with Gasteiger partial charge in [-0.2, -0.15) is 0 Å². The first kappa shape index (κ1) is 59.6. The van der Waals surface area contributed by atoms with Crippen LogP contribution in [0.2, 0.25) is 0 Å². The smallest absolute Gasteiger partial charge is 0.306 e. The third kappa shape index (κ3) is 48.7. The standard InChI is InChI=1S/C56H102O6/c1-4-7-10-13-16-19-22-24-26-27-28-29-30-32-34-37-40-43-46-49-55(58)61-52-53(51-60-54(57)48-45-42-39-36-33-21-18-15-12-9-6-3)62-56(59)50-47-44-41-38-35-31-25-23-20-17-14-11-8-5-2/h14,17,23,25,27-28,53H,4-13,15-16,18-22,24,26,29-52H2,1-3H3/b17-14-,25-23-,28-27-/t53-/m1/s1. The summed E-state index contributed by atoms with van der Waals surface area (Å²) in [6.07, 6.45) is 59.9. The van der Waals surface area contributed by atoms with Crippen LogP contribution in [0.3, 0.4) is 0 Å². The summed E-state index contributed by atoms with van der Waals surface area (Å²) >= 11 is 0. The van der Waals surface area contributed by atoms with Gasteiger partial charge in [0, 0.05) is 19.3 Å². The van der Waals surface area contributed by atoms with Crippen LogP contribution >= 0.6 is 0 Å². The zero-order valence-electron chi connectivity index (χ0n) is 41.4. The predicted molar refractivity (Wildman–Crippen MR) is 266 cm³/mol. The molecule has 0 fully saturated rings. The molecule has 6 nitrogen and oxygen atoms in total. The quantitative estimate of drug-likeness (QED) is 0.0262. The zero-order valence-corrected chi connectivity index (χ0v) is 41.4. The van der Waals surface area contributed by atoms with E-state index in [1.54, 1.807) is 0 Å². The molecule has 62 heavy (non-hydrogen) atoms. The van der Waals surface area contributed by atoms with Gasteiger partial charge in [-0.1, -0.05) is 231 Å². The molecule has 0 rings (SSSR count). The highest BCUT2D eigenvalue weighted by atomic mass is 16.6. The first-order chi connectivity index (χ1) is 30.5. The van der Waals surface area contributed by atoms with E-state index in [9.17, 15) is 14.4 Å². The molecule has 0 aromatic carbocycles. The lowest BCUT2D eigenvalue weighted by atomic mass is 10.1. The lowest BCUT2D eigenvalue weighted by Gasteiger charge is -2.18. The van der Waals surface area contributed by atoms with Crippen molar-refractivity contribution in [2.24, 2.45) is 0 Å². The van der Waals surface area contributed by atoms with Crippen molar-refractivity contribution in [1.82, 2.24) is 0 Å². The zero-order chi connectivity index (χ0) is 45.1. The largest absolute Gasteiger partial charge is 0.462 e. The normalized spacial score (nSPS) is 12.2. The molecule has 0 unspecified atom stereocenters. The first-order valence-corrected chi connectivity index (χ1v) is 27.0. The van der Waals surface area contributed by atoms with Crippen LogP contribution in [0.15, 0.2) is 36.5 Å². The van der Waals surface area contributed by atoms with E-state index in [0.717, 1.165) is 83.5 Å². The summed E-state index contributed by atoms with van der Waals surface area (Å²) in [5.41, 5.74) is 0. The molecule has 1 atom stereocenters. The molecule has 0 saturated carbocycles. The number of allylic oxidation sites excluding steroid dienone is 6. The number of hydrogen-bond acceptors (Lipinski definition) is 6. The second kappa shape index (κ2) is 51.3. The van der Waals surface area contributed by atoms with Gasteiger partial charge in [0.15, 0.2) is 6.10 Å². The summed E-state index contributed by atoms with van der Waals surface area (Å²) in [6, 6.07) is 0. The second-order valence-corrected chi connectivity index (χ2v) is 18.1. The predicted octanol–water partition coefficient (Wildman–Crippen LogP) is 17.7. The van der Waals surface area contributed by atoms with Crippen molar-refractivity contribution >= 4 is 17.9 Å². The SMILES string of the molecule is CCCC/C=C\C/C=C\CCCCCCCC(=O)O[C@@H](COC(=O)CCCCCCCCC/C=C\CCCCCCCCCC)COC(=O)CCCCCCCCCCCCC. The molecule has 6 heteroatoms. The van der Waals surface area contributed by atoms with Crippen molar-refractivity contribution in [3.8, 4) is 0 Å². The average Bonchev–Trinajstić information content (AvgIpc) is 3.27. The molecule has 0 radical (unpaired) electrons. The van der Waals surface area contributed by atoms with Crippen molar-refractivity contribution < 1.29 is 28.6 Å². The molecule has 0 aliphatic heterocycles. The molecule has 0 amide bonds. The van der Waals surface area contributed by atoms with Gasteiger partial charge in [-0.15, -0.1) is 0 Å². The van der Waals surface area contributed by atoms with E-state index in [4.69, 9.17) is 14.2 Å². The highest BCUT2D eigenvalue weighted by Gasteiger charge is 2.19. The van der Waals surface area contributed by atoms with Gasteiger partial charge in [-0.25, -0.2) is 0 Å². The highest BCUT2D eigenvalue weighted by Crippen LogP contribution is 2.15. The minimum absolute atomic E-state index is 0.0764. The monoisotopic (exact) mass is 871 g/mol. The Morgan fingerprint density at radius 3 is 0.952 bits per heavy atom. The molecule has 362 valence electrons. The fraction of sp³-hybridized carbons (Fsp3) is 0.839. The van der Waals surface area contributed by atoms with Gasteiger partial charge in [0.2, 0.25) is 0 Å². The maximum atomic E-state index is 12.8. The number of rotatable bonds is 49. The lowest BCUT2D eigenvalue weighted by Crippen LogP contribution is -2.30. The number of esters is 3. The third-order valence-corrected chi connectivity index (χ3v) is 11.9. The Bertz CT molecular complexity index is 1050. The fourth-order valence-electron chi connectivity index (χ4n) is 7.75. The number of carbonyl (C=O) groups excluding carboxylic acids is 3. The van der Waals surface area contributed by atoms with Gasteiger partial charge in [0.25, 0.3) is 0 Å². The molecular formula is C56H102O6. The van der Waals surface area contributed by atoms with Crippen LogP contribution in [-0.4, -0.2) is 37.2 Å². The molecular weight excluding hydrogens is 769 g/mol. The molecule has 0 aromatic rings. The Hall–Kier alpha value is -2.37. The minimum atomic E-state index is -0.777. The molecule has 0 aliphatic rings. The average molecular weight is 871 g/mol. The van der Waals surface area contributed by atoms with Crippen molar-refractivity contribution in [3.63, 3.8) is 0 Å². The molecule has 0 bridgehead atoms. The van der Waals surface area contributed by atoms with E-state index in [2.05, 4.69) is 57.2 Å². The van der Waals surface area contributed by atoms with E-state index in [0.29, 0.717) is 19.3 Å². The number of hydrogen-bond donors (Lipinski definition) is 0. The number of carbonyl (C=O) groups is 3. The van der Waals surface area contributed by atoms with Gasteiger partial charge in [0.1, 0.15) is 13.2 Å². The minimum Gasteiger partial charge on any atom is -0.462 e. The van der Waals surface area contributed by atoms with Crippen LogP contribution in [-0.2, 0) is 28.6 Å². The van der Waals surface area contributed by atoms with Crippen LogP contribution in [0.5, 0.6) is 0 Å². The Labute approximate surface area is 385 Å².